The molecule has 0 spiro atoms. The van der Waals surface area contributed by atoms with Crippen molar-refractivity contribution in [1.29, 1.82) is 0 Å². The van der Waals surface area contributed by atoms with Crippen molar-refractivity contribution in [2.45, 2.75) is 26.8 Å². The number of nitrogens with zero attached hydrogens (tertiary/aromatic N) is 2. The van der Waals surface area contributed by atoms with Crippen LogP contribution in [0.5, 0.6) is 5.75 Å². The maximum atomic E-state index is 5.96. The molecule has 0 saturated heterocycles. The van der Waals surface area contributed by atoms with Gasteiger partial charge < -0.3 is 19.8 Å². The van der Waals surface area contributed by atoms with E-state index >= 15 is 0 Å². The highest BCUT2D eigenvalue weighted by atomic mass is 16.5. The average Bonchev–Trinajstić information content (AvgIpc) is 2.73. The summed E-state index contributed by atoms with van der Waals surface area (Å²) in [6.45, 7) is 6.51. The third-order valence-electron chi connectivity index (χ3n) is 3.28. The first-order valence-corrected chi connectivity index (χ1v) is 6.99. The Morgan fingerprint density at radius 2 is 2.10 bits per heavy atom. The lowest BCUT2D eigenvalue weighted by Gasteiger charge is -2.09. The lowest BCUT2D eigenvalue weighted by atomic mass is 10.1. The van der Waals surface area contributed by atoms with Gasteiger partial charge in [0, 0.05) is 19.2 Å². The fourth-order valence-electron chi connectivity index (χ4n) is 2.06. The molecule has 0 aliphatic heterocycles. The van der Waals surface area contributed by atoms with Gasteiger partial charge in [-0.05, 0) is 24.5 Å². The van der Waals surface area contributed by atoms with E-state index in [9.17, 15) is 0 Å². The maximum Gasteiger partial charge on any atom is 0.201 e. The second-order valence-electron chi connectivity index (χ2n) is 5.27. The van der Waals surface area contributed by atoms with Gasteiger partial charge in [0.1, 0.15) is 5.75 Å². The van der Waals surface area contributed by atoms with Gasteiger partial charge in [0.25, 0.3) is 0 Å². The van der Waals surface area contributed by atoms with E-state index in [1.807, 2.05) is 22.8 Å². The zero-order chi connectivity index (χ0) is 14.5. The number of nitrogen functional groups attached to an aromatic ring is 1. The predicted molar refractivity (Wildman–Crippen MR) is 81.0 cm³/mol. The molecule has 0 saturated carbocycles. The van der Waals surface area contributed by atoms with E-state index in [4.69, 9.17) is 15.2 Å². The van der Waals surface area contributed by atoms with E-state index in [2.05, 4.69) is 18.8 Å². The van der Waals surface area contributed by atoms with Gasteiger partial charge >= 0.3 is 0 Å². The van der Waals surface area contributed by atoms with E-state index < -0.39 is 0 Å². The van der Waals surface area contributed by atoms with Gasteiger partial charge in [-0.25, -0.2) is 4.98 Å². The summed E-state index contributed by atoms with van der Waals surface area (Å²) in [4.78, 5) is 4.35. The molecule has 0 unspecified atom stereocenters. The minimum atomic E-state index is 0.515. The topological polar surface area (TPSA) is 62.3 Å². The van der Waals surface area contributed by atoms with Crippen molar-refractivity contribution in [3.8, 4) is 5.75 Å². The molecule has 20 heavy (non-hydrogen) atoms. The summed E-state index contributed by atoms with van der Waals surface area (Å²) in [7, 11) is 1.65. The highest BCUT2D eigenvalue weighted by molar-refractivity contribution is 5.79. The number of anilines is 1. The largest absolute Gasteiger partial charge is 0.497 e. The van der Waals surface area contributed by atoms with Crippen LogP contribution in [0.2, 0.25) is 0 Å². The van der Waals surface area contributed by atoms with Gasteiger partial charge in [0.2, 0.25) is 5.95 Å². The molecule has 0 fully saturated rings. The van der Waals surface area contributed by atoms with Crippen LogP contribution in [0.3, 0.4) is 0 Å². The molecule has 0 radical (unpaired) electrons. The van der Waals surface area contributed by atoms with Crippen LogP contribution in [0.15, 0.2) is 18.2 Å². The predicted octanol–water partition coefficient (Wildman–Crippen LogP) is 2.69. The zero-order valence-electron chi connectivity index (χ0n) is 12.4. The van der Waals surface area contributed by atoms with Gasteiger partial charge in [-0.3, -0.25) is 0 Å². The number of hydrogen-bond donors (Lipinski definition) is 1. The van der Waals surface area contributed by atoms with Crippen LogP contribution in [0.4, 0.5) is 5.95 Å². The molecule has 0 aliphatic rings. The fourth-order valence-corrected chi connectivity index (χ4v) is 2.06. The second-order valence-corrected chi connectivity index (χ2v) is 5.27. The minimum Gasteiger partial charge on any atom is -0.497 e. The van der Waals surface area contributed by atoms with Gasteiger partial charge in [0.05, 0.1) is 24.8 Å². The van der Waals surface area contributed by atoms with Gasteiger partial charge in [-0.2, -0.15) is 0 Å². The van der Waals surface area contributed by atoms with Crippen molar-refractivity contribution in [2.24, 2.45) is 5.92 Å². The molecule has 2 N–H and O–H groups in total. The highest BCUT2D eigenvalue weighted by Gasteiger charge is 2.09. The van der Waals surface area contributed by atoms with Crippen molar-refractivity contribution in [3.63, 3.8) is 0 Å². The first-order chi connectivity index (χ1) is 9.61. The average molecular weight is 277 g/mol. The summed E-state index contributed by atoms with van der Waals surface area (Å²) < 4.78 is 12.9. The van der Waals surface area contributed by atoms with Crippen LogP contribution in [-0.2, 0) is 11.3 Å². The van der Waals surface area contributed by atoms with E-state index in [1.54, 1.807) is 7.11 Å². The third kappa shape index (κ3) is 3.42. The molecule has 0 atom stereocenters. The first kappa shape index (κ1) is 14.7. The van der Waals surface area contributed by atoms with Crippen LogP contribution >= 0.6 is 0 Å². The SMILES string of the molecule is COc1ccc2nc(N)n(CCOCCC(C)C)c2c1. The molecule has 0 aliphatic carbocycles. The molecule has 1 aromatic carbocycles. The molecule has 110 valence electrons. The van der Waals surface area contributed by atoms with E-state index in [0.29, 0.717) is 25.0 Å². The molecule has 2 rings (SSSR count). The van der Waals surface area contributed by atoms with Crippen LogP contribution in [0.1, 0.15) is 20.3 Å². The van der Waals surface area contributed by atoms with Crippen LogP contribution in [0, 0.1) is 5.92 Å². The van der Waals surface area contributed by atoms with Crippen molar-refractivity contribution >= 4 is 17.0 Å². The molecule has 0 amide bonds. The number of methoxy groups -OCH3 is 1. The second kappa shape index (κ2) is 6.61. The molecule has 1 aromatic heterocycles. The monoisotopic (exact) mass is 277 g/mol. The first-order valence-electron chi connectivity index (χ1n) is 6.99. The van der Waals surface area contributed by atoms with Crippen LogP contribution < -0.4 is 10.5 Å². The molecule has 5 nitrogen and oxygen atoms in total. The van der Waals surface area contributed by atoms with Gasteiger partial charge in [-0.15, -0.1) is 0 Å². The van der Waals surface area contributed by atoms with Crippen molar-refractivity contribution in [2.75, 3.05) is 26.1 Å². The Morgan fingerprint density at radius 3 is 2.80 bits per heavy atom. The molecule has 1 heterocycles. The van der Waals surface area contributed by atoms with E-state index in [-0.39, 0.29) is 0 Å². The van der Waals surface area contributed by atoms with Crippen molar-refractivity contribution in [1.82, 2.24) is 9.55 Å². The Hall–Kier alpha value is -1.75. The number of ether oxygens (including phenoxy) is 2. The Bertz CT molecular complexity index is 563. The van der Waals surface area contributed by atoms with Crippen LogP contribution in [0.25, 0.3) is 11.0 Å². The summed E-state index contributed by atoms with van der Waals surface area (Å²) in [5, 5.41) is 0. The number of hydrogen-bond acceptors (Lipinski definition) is 4. The summed E-state index contributed by atoms with van der Waals surface area (Å²) in [6.07, 6.45) is 1.08. The summed E-state index contributed by atoms with van der Waals surface area (Å²) in [6, 6.07) is 5.76. The number of imidazole rings is 1. The summed E-state index contributed by atoms with van der Waals surface area (Å²) in [5.41, 5.74) is 7.82. The van der Waals surface area contributed by atoms with Crippen LogP contribution in [-0.4, -0.2) is 29.9 Å². The summed E-state index contributed by atoms with van der Waals surface area (Å²) >= 11 is 0. The van der Waals surface area contributed by atoms with E-state index in [0.717, 1.165) is 29.8 Å². The standard InChI is InChI=1S/C15H23N3O2/c1-11(2)6-8-20-9-7-18-14-10-12(19-3)4-5-13(14)17-15(18)16/h4-5,10-11H,6-9H2,1-3H3,(H2,16,17). The third-order valence-corrected chi connectivity index (χ3v) is 3.28. The molecule has 5 heteroatoms. The van der Waals surface area contributed by atoms with E-state index in [1.165, 1.54) is 0 Å². The lowest BCUT2D eigenvalue weighted by molar-refractivity contribution is 0.117. The molecular weight excluding hydrogens is 254 g/mol. The quantitative estimate of drug-likeness (QED) is 0.790. The normalized spacial score (nSPS) is 11.4. The van der Waals surface area contributed by atoms with Crippen molar-refractivity contribution in [3.05, 3.63) is 18.2 Å². The zero-order valence-corrected chi connectivity index (χ0v) is 12.4. The number of fused-ring (bicyclic) bond motifs is 1. The summed E-state index contributed by atoms with van der Waals surface area (Å²) in [5.74, 6) is 1.98. The Morgan fingerprint density at radius 1 is 1.30 bits per heavy atom. The maximum absolute atomic E-state index is 5.96. The Balaban J connectivity index is 2.03. The smallest absolute Gasteiger partial charge is 0.201 e. The molecule has 0 bridgehead atoms. The van der Waals surface area contributed by atoms with Gasteiger partial charge in [-0.1, -0.05) is 13.8 Å². The fraction of sp³-hybridized carbons (Fsp3) is 0.533. The number of aromatic nitrogens is 2. The number of nitrogens with two attached hydrogens (primary N) is 1. The van der Waals surface area contributed by atoms with Crippen molar-refractivity contribution < 1.29 is 9.47 Å². The van der Waals surface area contributed by atoms with Gasteiger partial charge in [0.15, 0.2) is 0 Å². The Labute approximate surface area is 119 Å². The number of rotatable bonds is 7. The minimum absolute atomic E-state index is 0.515. The highest BCUT2D eigenvalue weighted by Crippen LogP contribution is 2.22. The lowest BCUT2D eigenvalue weighted by Crippen LogP contribution is -2.10. The molecule has 2 aromatic rings. The number of benzene rings is 1. The Kier molecular flexibility index (Phi) is 4.84. The molecular formula is C15H23N3O2.